The first-order valence-electron chi connectivity index (χ1n) is 7.64. The number of rotatable bonds is 4. The van der Waals surface area contributed by atoms with Gasteiger partial charge in [-0.1, -0.05) is 34.1 Å². The smallest absolute Gasteiger partial charge is 0.317 e. The summed E-state index contributed by atoms with van der Waals surface area (Å²) in [7, 11) is 0. The van der Waals surface area contributed by atoms with Crippen LogP contribution < -0.4 is 5.32 Å². The highest BCUT2D eigenvalue weighted by Crippen LogP contribution is 2.11. The van der Waals surface area contributed by atoms with Gasteiger partial charge in [0.15, 0.2) is 0 Å². The zero-order valence-electron chi connectivity index (χ0n) is 13.4. The standard InChI is InChI=1S/C15H29N3O2/c1-5-6-7-13(19)17-8-10-18(11-9-17)14(20)16-12-15(2,3)4/h5-12H2,1-4H3,(H,16,20). The number of nitrogens with zero attached hydrogens (tertiary/aromatic N) is 2. The lowest BCUT2D eigenvalue weighted by Crippen LogP contribution is -2.53. The number of hydrogen-bond acceptors (Lipinski definition) is 2. The predicted molar refractivity (Wildman–Crippen MR) is 80.5 cm³/mol. The number of carbonyl (C=O) groups excluding carboxylic acids is 2. The number of nitrogens with one attached hydrogen (secondary N) is 1. The van der Waals surface area contributed by atoms with E-state index < -0.39 is 0 Å². The second kappa shape index (κ2) is 7.50. The van der Waals surface area contributed by atoms with Gasteiger partial charge in [-0.25, -0.2) is 4.79 Å². The molecule has 0 spiro atoms. The summed E-state index contributed by atoms with van der Waals surface area (Å²) >= 11 is 0. The Morgan fingerprint density at radius 1 is 1.05 bits per heavy atom. The van der Waals surface area contributed by atoms with Crippen LogP contribution in [0.5, 0.6) is 0 Å². The number of urea groups is 1. The average Bonchev–Trinajstić information content (AvgIpc) is 2.41. The van der Waals surface area contributed by atoms with E-state index in [0.29, 0.717) is 39.1 Å². The summed E-state index contributed by atoms with van der Waals surface area (Å²) in [6, 6.07) is -0.0133. The summed E-state index contributed by atoms with van der Waals surface area (Å²) in [5.74, 6) is 0.224. The molecule has 0 aromatic carbocycles. The lowest BCUT2D eigenvalue weighted by molar-refractivity contribution is -0.132. The number of amides is 3. The van der Waals surface area contributed by atoms with Crippen LogP contribution in [-0.4, -0.2) is 54.5 Å². The highest BCUT2D eigenvalue weighted by molar-refractivity contribution is 5.77. The maximum Gasteiger partial charge on any atom is 0.317 e. The van der Waals surface area contributed by atoms with E-state index in [1.165, 1.54) is 0 Å². The lowest BCUT2D eigenvalue weighted by atomic mass is 9.97. The van der Waals surface area contributed by atoms with Crippen LogP contribution >= 0.6 is 0 Å². The van der Waals surface area contributed by atoms with Gasteiger partial charge in [-0.15, -0.1) is 0 Å². The molecule has 116 valence electrons. The molecule has 1 aliphatic heterocycles. The first-order chi connectivity index (χ1) is 9.33. The zero-order valence-corrected chi connectivity index (χ0v) is 13.4. The van der Waals surface area contributed by atoms with E-state index in [0.717, 1.165) is 12.8 Å². The monoisotopic (exact) mass is 283 g/mol. The van der Waals surface area contributed by atoms with Crippen molar-refractivity contribution in [2.24, 2.45) is 5.41 Å². The quantitative estimate of drug-likeness (QED) is 0.859. The van der Waals surface area contributed by atoms with Crippen molar-refractivity contribution >= 4 is 11.9 Å². The van der Waals surface area contributed by atoms with E-state index in [1.54, 1.807) is 4.90 Å². The Bertz CT molecular complexity index is 329. The van der Waals surface area contributed by atoms with Crippen LogP contribution in [0.1, 0.15) is 47.0 Å². The van der Waals surface area contributed by atoms with Crippen LogP contribution in [0.2, 0.25) is 0 Å². The molecule has 1 heterocycles. The molecule has 20 heavy (non-hydrogen) atoms. The molecule has 0 unspecified atom stereocenters. The van der Waals surface area contributed by atoms with Crippen molar-refractivity contribution in [3.8, 4) is 0 Å². The molecule has 0 bridgehead atoms. The van der Waals surface area contributed by atoms with E-state index in [1.807, 2.05) is 4.90 Å². The van der Waals surface area contributed by atoms with Gasteiger partial charge in [0, 0.05) is 39.1 Å². The molecule has 3 amide bonds. The Morgan fingerprint density at radius 2 is 1.60 bits per heavy atom. The Kier molecular flexibility index (Phi) is 6.30. The largest absolute Gasteiger partial charge is 0.339 e. The summed E-state index contributed by atoms with van der Waals surface area (Å²) in [5, 5.41) is 2.95. The molecule has 0 aliphatic carbocycles. The van der Waals surface area contributed by atoms with Gasteiger partial charge in [0.25, 0.3) is 0 Å². The normalized spacial score (nSPS) is 16.2. The summed E-state index contributed by atoms with van der Waals surface area (Å²) in [4.78, 5) is 27.6. The fourth-order valence-electron chi connectivity index (χ4n) is 2.10. The minimum absolute atomic E-state index is 0.0133. The number of carbonyl (C=O) groups is 2. The molecule has 5 heteroatoms. The summed E-state index contributed by atoms with van der Waals surface area (Å²) in [6.07, 6.45) is 2.62. The van der Waals surface area contributed by atoms with E-state index >= 15 is 0 Å². The lowest BCUT2D eigenvalue weighted by Gasteiger charge is -2.35. The molecule has 0 aromatic heterocycles. The fourth-order valence-corrected chi connectivity index (χ4v) is 2.10. The molecule has 1 rings (SSSR count). The Labute approximate surface area is 122 Å². The summed E-state index contributed by atoms with van der Waals surface area (Å²) in [6.45, 7) is 11.6. The highest BCUT2D eigenvalue weighted by atomic mass is 16.2. The summed E-state index contributed by atoms with van der Waals surface area (Å²) < 4.78 is 0. The Hall–Kier alpha value is -1.26. The van der Waals surface area contributed by atoms with Gasteiger partial charge in [-0.3, -0.25) is 4.79 Å². The zero-order chi connectivity index (χ0) is 15.2. The molecule has 0 aromatic rings. The van der Waals surface area contributed by atoms with E-state index in [4.69, 9.17) is 0 Å². The molecule has 5 nitrogen and oxygen atoms in total. The van der Waals surface area contributed by atoms with Crippen LogP contribution in [0.25, 0.3) is 0 Å². The van der Waals surface area contributed by atoms with E-state index in [2.05, 4.69) is 33.0 Å². The predicted octanol–water partition coefficient (Wildman–Crippen LogP) is 2.08. The molecular weight excluding hydrogens is 254 g/mol. The molecule has 1 N–H and O–H groups in total. The third-order valence-electron chi connectivity index (χ3n) is 3.43. The van der Waals surface area contributed by atoms with Crippen molar-refractivity contribution < 1.29 is 9.59 Å². The Morgan fingerprint density at radius 3 is 2.10 bits per heavy atom. The molecular formula is C15H29N3O2. The molecule has 1 saturated heterocycles. The van der Waals surface area contributed by atoms with Gasteiger partial charge < -0.3 is 15.1 Å². The molecule has 0 saturated carbocycles. The molecule has 0 radical (unpaired) electrons. The van der Waals surface area contributed by atoms with Crippen LogP contribution in [0.3, 0.4) is 0 Å². The van der Waals surface area contributed by atoms with Crippen molar-refractivity contribution in [1.29, 1.82) is 0 Å². The number of unbranched alkanes of at least 4 members (excludes halogenated alkanes) is 1. The first kappa shape index (κ1) is 16.8. The highest BCUT2D eigenvalue weighted by Gasteiger charge is 2.24. The molecule has 0 atom stereocenters. The maximum atomic E-state index is 12.0. The minimum Gasteiger partial charge on any atom is -0.339 e. The van der Waals surface area contributed by atoms with Gasteiger partial charge in [0.05, 0.1) is 0 Å². The van der Waals surface area contributed by atoms with Crippen molar-refractivity contribution in [3.63, 3.8) is 0 Å². The van der Waals surface area contributed by atoms with E-state index in [9.17, 15) is 9.59 Å². The van der Waals surface area contributed by atoms with Gasteiger partial charge in [-0.2, -0.15) is 0 Å². The average molecular weight is 283 g/mol. The third kappa shape index (κ3) is 5.80. The summed E-state index contributed by atoms with van der Waals surface area (Å²) in [5.41, 5.74) is 0.0909. The van der Waals surface area contributed by atoms with Crippen molar-refractivity contribution in [2.45, 2.75) is 47.0 Å². The number of hydrogen-bond donors (Lipinski definition) is 1. The fraction of sp³-hybridized carbons (Fsp3) is 0.867. The maximum absolute atomic E-state index is 12.0. The van der Waals surface area contributed by atoms with Crippen LogP contribution in [0, 0.1) is 5.41 Å². The minimum atomic E-state index is -0.0133. The first-order valence-corrected chi connectivity index (χ1v) is 7.64. The van der Waals surface area contributed by atoms with Gasteiger partial charge in [0.1, 0.15) is 0 Å². The number of piperazine rings is 1. The van der Waals surface area contributed by atoms with Gasteiger partial charge in [-0.05, 0) is 11.8 Å². The van der Waals surface area contributed by atoms with Crippen LogP contribution in [0.15, 0.2) is 0 Å². The van der Waals surface area contributed by atoms with Crippen LogP contribution in [0.4, 0.5) is 4.79 Å². The van der Waals surface area contributed by atoms with E-state index in [-0.39, 0.29) is 17.4 Å². The second-order valence-corrected chi connectivity index (χ2v) is 6.69. The van der Waals surface area contributed by atoms with Crippen molar-refractivity contribution in [2.75, 3.05) is 32.7 Å². The topological polar surface area (TPSA) is 52.7 Å². The SMILES string of the molecule is CCCCC(=O)N1CCN(C(=O)NCC(C)(C)C)CC1. The van der Waals surface area contributed by atoms with Gasteiger partial charge in [0.2, 0.25) is 5.91 Å². The van der Waals surface area contributed by atoms with Gasteiger partial charge >= 0.3 is 6.03 Å². The second-order valence-electron chi connectivity index (χ2n) is 6.69. The molecule has 1 fully saturated rings. The third-order valence-corrected chi connectivity index (χ3v) is 3.43. The molecule has 1 aliphatic rings. The van der Waals surface area contributed by atoms with Crippen molar-refractivity contribution in [3.05, 3.63) is 0 Å². The van der Waals surface area contributed by atoms with Crippen LogP contribution in [-0.2, 0) is 4.79 Å². The van der Waals surface area contributed by atoms with Crippen molar-refractivity contribution in [1.82, 2.24) is 15.1 Å². The Balaban J connectivity index is 2.31.